The number of rotatable bonds is 4. The number of aromatic amines is 1. The van der Waals surface area contributed by atoms with Gasteiger partial charge < -0.3 is 25.3 Å². The zero-order valence-electron chi connectivity index (χ0n) is 24.0. The van der Waals surface area contributed by atoms with Crippen LogP contribution in [0.4, 0.5) is 10.5 Å². The minimum Gasteiger partial charge on any atom is -0.410 e. The van der Waals surface area contributed by atoms with E-state index in [9.17, 15) is 14.4 Å². The molecule has 9 nitrogen and oxygen atoms in total. The Kier molecular flexibility index (Phi) is 6.40. The molecule has 0 unspecified atom stereocenters. The van der Waals surface area contributed by atoms with E-state index >= 15 is 0 Å². The minimum atomic E-state index is -0.538. The van der Waals surface area contributed by atoms with E-state index in [4.69, 9.17) is 10.5 Å². The Morgan fingerprint density at radius 1 is 0.907 bits per heavy atom. The number of hydrogen-bond donors (Lipinski definition) is 2. The van der Waals surface area contributed by atoms with Gasteiger partial charge in [-0.15, -0.1) is 0 Å². The van der Waals surface area contributed by atoms with E-state index in [1.54, 1.807) is 11.0 Å². The fourth-order valence-corrected chi connectivity index (χ4v) is 6.26. The number of H-pyrrole nitrogens is 1. The van der Waals surface area contributed by atoms with Gasteiger partial charge in [0.2, 0.25) is 0 Å². The van der Waals surface area contributed by atoms with Crippen LogP contribution < -0.4 is 15.4 Å². The molecule has 3 amide bonds. The van der Waals surface area contributed by atoms with Gasteiger partial charge in [-0.05, 0) is 67.1 Å². The van der Waals surface area contributed by atoms with Crippen LogP contribution in [0.3, 0.4) is 0 Å². The van der Waals surface area contributed by atoms with Crippen molar-refractivity contribution in [2.45, 2.75) is 13.5 Å². The SMILES string of the molecule is Cc1c(-c2ccc(C(N)=O)c3[nH]c4cc(C(=O)N5CCN(C)CC5)ccc4c23)ccc2c1CN(c1ccccc1)C(=O)O2. The molecular formula is C34H31N5O4. The van der Waals surface area contributed by atoms with Crippen LogP contribution >= 0.6 is 0 Å². The number of nitrogens with zero attached hydrogens (tertiary/aromatic N) is 3. The van der Waals surface area contributed by atoms with E-state index in [0.29, 0.717) is 42.0 Å². The Labute approximate surface area is 248 Å². The highest BCUT2D eigenvalue weighted by Gasteiger charge is 2.29. The summed E-state index contributed by atoms with van der Waals surface area (Å²) < 4.78 is 5.74. The number of fused-ring (bicyclic) bond motifs is 4. The summed E-state index contributed by atoms with van der Waals surface area (Å²) in [5.74, 6) is -0.00843. The van der Waals surface area contributed by atoms with Crippen molar-refractivity contribution < 1.29 is 19.1 Å². The molecule has 3 heterocycles. The Balaban J connectivity index is 1.35. The molecule has 43 heavy (non-hydrogen) atoms. The first-order valence-corrected chi connectivity index (χ1v) is 14.3. The second kappa shape index (κ2) is 10.3. The van der Waals surface area contributed by atoms with Crippen molar-refractivity contribution in [1.82, 2.24) is 14.8 Å². The number of carbonyl (C=O) groups excluding carboxylic acids is 3. The fraction of sp³-hybridized carbons (Fsp3) is 0.206. The molecule has 5 aromatic rings. The molecule has 1 saturated heterocycles. The van der Waals surface area contributed by atoms with E-state index in [2.05, 4.69) is 16.9 Å². The average Bonchev–Trinajstić information content (AvgIpc) is 3.40. The monoisotopic (exact) mass is 573 g/mol. The van der Waals surface area contributed by atoms with Crippen molar-refractivity contribution in [3.8, 4) is 16.9 Å². The van der Waals surface area contributed by atoms with Crippen LogP contribution in [0.15, 0.2) is 72.8 Å². The number of benzene rings is 4. The molecule has 0 saturated carbocycles. The molecule has 9 heteroatoms. The third-order valence-corrected chi connectivity index (χ3v) is 8.70. The predicted molar refractivity (Wildman–Crippen MR) is 167 cm³/mol. The number of amides is 3. The molecule has 3 N–H and O–H groups in total. The van der Waals surface area contributed by atoms with E-state index in [1.165, 1.54) is 0 Å². The van der Waals surface area contributed by atoms with Crippen LogP contribution in [0.2, 0.25) is 0 Å². The molecule has 4 aromatic carbocycles. The topological polar surface area (TPSA) is 112 Å². The molecular weight excluding hydrogens is 542 g/mol. The molecule has 2 aliphatic heterocycles. The van der Waals surface area contributed by atoms with Gasteiger partial charge in [0.1, 0.15) is 5.75 Å². The van der Waals surface area contributed by atoms with Gasteiger partial charge in [-0.25, -0.2) is 4.79 Å². The zero-order valence-corrected chi connectivity index (χ0v) is 24.0. The number of ether oxygens (including phenoxy) is 1. The quantitative estimate of drug-likeness (QED) is 0.303. The van der Waals surface area contributed by atoms with Gasteiger partial charge in [0.05, 0.1) is 17.6 Å². The predicted octanol–water partition coefficient (Wildman–Crippen LogP) is 5.30. The summed E-state index contributed by atoms with van der Waals surface area (Å²) in [7, 11) is 2.06. The third-order valence-electron chi connectivity index (χ3n) is 8.70. The zero-order chi connectivity index (χ0) is 29.8. The van der Waals surface area contributed by atoms with Crippen LogP contribution in [0.5, 0.6) is 5.75 Å². The van der Waals surface area contributed by atoms with Crippen LogP contribution in [-0.4, -0.2) is 65.9 Å². The molecule has 0 bridgehead atoms. The van der Waals surface area contributed by atoms with Crippen molar-refractivity contribution in [2.75, 3.05) is 38.1 Å². The van der Waals surface area contributed by atoms with Crippen molar-refractivity contribution in [1.29, 1.82) is 0 Å². The van der Waals surface area contributed by atoms with E-state index in [-0.39, 0.29) is 5.91 Å². The van der Waals surface area contributed by atoms with Gasteiger partial charge in [-0.1, -0.05) is 36.4 Å². The molecule has 0 atom stereocenters. The molecule has 0 spiro atoms. The lowest BCUT2D eigenvalue weighted by atomic mass is 9.91. The number of piperazine rings is 1. The van der Waals surface area contributed by atoms with Crippen molar-refractivity contribution in [3.05, 3.63) is 95.1 Å². The standard InChI is InChI=1S/C34H31N5O4/c1-20-23(12-13-29-27(20)19-39(34(42)43-29)22-6-4-3-5-7-22)24-10-11-26(32(35)40)31-30(24)25-9-8-21(18-28(25)36-31)33(41)38-16-14-37(2)15-17-38/h3-13,18,36H,14-17,19H2,1-2H3,(H2,35,40). The second-order valence-corrected chi connectivity index (χ2v) is 11.3. The van der Waals surface area contributed by atoms with E-state index in [0.717, 1.165) is 57.3 Å². The minimum absolute atomic E-state index is 0.00736. The summed E-state index contributed by atoms with van der Waals surface area (Å²) in [5, 5.41) is 1.73. The van der Waals surface area contributed by atoms with Gasteiger partial charge in [0.15, 0.2) is 0 Å². The molecule has 1 aromatic heterocycles. The highest BCUT2D eigenvalue weighted by atomic mass is 16.6. The lowest BCUT2D eigenvalue weighted by Crippen LogP contribution is -2.47. The maximum atomic E-state index is 13.3. The first-order valence-electron chi connectivity index (χ1n) is 14.3. The summed E-state index contributed by atoms with van der Waals surface area (Å²) in [6.07, 6.45) is -0.419. The summed E-state index contributed by atoms with van der Waals surface area (Å²) in [5.41, 5.74) is 12.7. The summed E-state index contributed by atoms with van der Waals surface area (Å²) in [6, 6.07) is 22.5. The maximum absolute atomic E-state index is 13.3. The van der Waals surface area contributed by atoms with Crippen LogP contribution in [0.25, 0.3) is 32.9 Å². The molecule has 2 aliphatic rings. The number of aromatic nitrogens is 1. The van der Waals surface area contributed by atoms with E-state index in [1.807, 2.05) is 78.6 Å². The number of hydrogen-bond acceptors (Lipinski definition) is 5. The molecule has 0 aliphatic carbocycles. The second-order valence-electron chi connectivity index (χ2n) is 11.3. The van der Waals surface area contributed by atoms with Gasteiger partial charge in [0.25, 0.3) is 11.8 Å². The number of anilines is 1. The summed E-state index contributed by atoms with van der Waals surface area (Å²) in [4.78, 5) is 47.8. The molecule has 1 fully saturated rings. The lowest BCUT2D eigenvalue weighted by Gasteiger charge is -2.32. The average molecular weight is 574 g/mol. The number of primary amides is 1. The molecule has 0 radical (unpaired) electrons. The fourth-order valence-electron chi connectivity index (χ4n) is 6.26. The van der Waals surface area contributed by atoms with Crippen LogP contribution in [0, 0.1) is 6.92 Å². The number of likely N-dealkylation sites (N-methyl/N-ethyl adjacent to an activating group) is 1. The van der Waals surface area contributed by atoms with E-state index < -0.39 is 12.0 Å². The highest BCUT2D eigenvalue weighted by Crippen LogP contribution is 2.42. The number of nitrogens with two attached hydrogens (primary N) is 1. The van der Waals surface area contributed by atoms with Crippen molar-refractivity contribution in [2.24, 2.45) is 5.73 Å². The largest absolute Gasteiger partial charge is 0.420 e. The van der Waals surface area contributed by atoms with Gasteiger partial charge in [0, 0.05) is 59.3 Å². The third kappa shape index (κ3) is 4.49. The lowest BCUT2D eigenvalue weighted by molar-refractivity contribution is 0.0664. The number of nitrogens with one attached hydrogen (secondary N) is 1. The Morgan fingerprint density at radius 3 is 2.40 bits per heavy atom. The van der Waals surface area contributed by atoms with Crippen molar-refractivity contribution >= 4 is 45.4 Å². The summed E-state index contributed by atoms with van der Waals surface area (Å²) >= 11 is 0. The Bertz CT molecular complexity index is 1940. The first-order chi connectivity index (χ1) is 20.8. The number of para-hydroxylation sites is 1. The van der Waals surface area contributed by atoms with Gasteiger partial charge in [-0.2, -0.15) is 0 Å². The smallest absolute Gasteiger partial charge is 0.410 e. The molecule has 216 valence electrons. The highest BCUT2D eigenvalue weighted by molar-refractivity contribution is 6.20. The maximum Gasteiger partial charge on any atom is 0.420 e. The number of carbonyl (C=O) groups is 3. The summed E-state index contributed by atoms with van der Waals surface area (Å²) in [6.45, 7) is 5.44. The Hall–Kier alpha value is -5.15. The normalized spacial score (nSPS) is 15.5. The molecule has 7 rings (SSSR count). The Morgan fingerprint density at radius 2 is 1.65 bits per heavy atom. The van der Waals surface area contributed by atoms with Gasteiger partial charge in [-0.3, -0.25) is 14.5 Å². The van der Waals surface area contributed by atoms with Crippen LogP contribution in [-0.2, 0) is 6.54 Å². The van der Waals surface area contributed by atoms with Crippen molar-refractivity contribution in [3.63, 3.8) is 0 Å². The van der Waals surface area contributed by atoms with Gasteiger partial charge >= 0.3 is 6.09 Å². The first kappa shape index (κ1) is 26.7. The van der Waals surface area contributed by atoms with Crippen LogP contribution in [0.1, 0.15) is 31.8 Å².